The average Bonchev–Trinajstić information content (AvgIpc) is 1.95. The maximum atomic E-state index is 10.9. The number of phenols is 1. The van der Waals surface area contributed by atoms with Gasteiger partial charge in [-0.1, -0.05) is 12.1 Å². The molecule has 2 N–H and O–H groups in total. The van der Waals surface area contributed by atoms with E-state index in [2.05, 4.69) is 4.72 Å². The van der Waals surface area contributed by atoms with Gasteiger partial charge in [0, 0.05) is 0 Å². The third-order valence-corrected chi connectivity index (χ3v) is 2.11. The maximum absolute atomic E-state index is 10.9. The normalized spacial score (nSPS) is 11.2. The van der Waals surface area contributed by atoms with Crippen LogP contribution in [0, 0.1) is 6.92 Å². The van der Waals surface area contributed by atoms with Crippen LogP contribution in [0.2, 0.25) is 0 Å². The minimum absolute atomic E-state index is 0.0644. The van der Waals surface area contributed by atoms with Gasteiger partial charge in [-0.15, -0.1) is 0 Å². The number of aryl methyl sites for hydroxylation is 1. The van der Waals surface area contributed by atoms with Crippen LogP contribution < -0.4 is 4.72 Å². The van der Waals surface area contributed by atoms with Crippen molar-refractivity contribution < 1.29 is 13.5 Å². The summed E-state index contributed by atoms with van der Waals surface area (Å²) in [5.74, 6) is -0.0644. The van der Waals surface area contributed by atoms with Gasteiger partial charge in [-0.3, -0.25) is 4.72 Å². The Morgan fingerprint density at radius 2 is 2.00 bits per heavy atom. The van der Waals surface area contributed by atoms with Gasteiger partial charge < -0.3 is 5.11 Å². The molecule has 13 heavy (non-hydrogen) atoms. The van der Waals surface area contributed by atoms with E-state index in [1.165, 1.54) is 6.07 Å². The van der Waals surface area contributed by atoms with Crippen LogP contribution in [0.4, 0.5) is 5.69 Å². The Hall–Kier alpha value is -1.23. The highest BCUT2D eigenvalue weighted by Crippen LogP contribution is 2.26. The zero-order chi connectivity index (χ0) is 10.1. The van der Waals surface area contributed by atoms with E-state index in [9.17, 15) is 13.5 Å². The summed E-state index contributed by atoms with van der Waals surface area (Å²) in [7, 11) is -3.33. The fourth-order valence-corrected chi connectivity index (χ4v) is 1.61. The molecule has 0 bridgehead atoms. The molecule has 0 heterocycles. The summed E-state index contributed by atoms with van der Waals surface area (Å²) in [6.45, 7) is 1.72. The van der Waals surface area contributed by atoms with Crippen LogP contribution in [-0.2, 0) is 10.0 Å². The zero-order valence-corrected chi connectivity index (χ0v) is 8.22. The molecule has 0 aromatic heterocycles. The molecule has 72 valence electrons. The van der Waals surface area contributed by atoms with E-state index in [1.807, 2.05) is 0 Å². The number of phenolic OH excluding ortho intramolecular Hbond substituents is 1. The van der Waals surface area contributed by atoms with Crippen LogP contribution >= 0.6 is 0 Å². The molecule has 0 aliphatic heterocycles. The Labute approximate surface area is 77.3 Å². The molecule has 0 spiro atoms. The standard InChI is InChI=1S/C8H11NO3S/c1-6-4-3-5-7(10)8(6)9-13(2,11)12/h3-5,9-10H,1-2H3. The van der Waals surface area contributed by atoms with E-state index in [0.29, 0.717) is 5.56 Å². The summed E-state index contributed by atoms with van der Waals surface area (Å²) < 4.78 is 24.0. The lowest BCUT2D eigenvalue weighted by Gasteiger charge is -2.08. The molecular formula is C8H11NO3S. The largest absolute Gasteiger partial charge is 0.506 e. The highest BCUT2D eigenvalue weighted by atomic mass is 32.2. The van der Waals surface area contributed by atoms with Crippen LogP contribution in [0.5, 0.6) is 5.75 Å². The van der Waals surface area contributed by atoms with Gasteiger partial charge in [0.1, 0.15) is 5.75 Å². The summed E-state index contributed by atoms with van der Waals surface area (Å²) in [6, 6.07) is 4.80. The van der Waals surface area contributed by atoms with Crippen molar-refractivity contribution >= 4 is 15.7 Å². The number of sulfonamides is 1. The lowest BCUT2D eigenvalue weighted by molar-refractivity contribution is 0.477. The number of hydrogen-bond donors (Lipinski definition) is 2. The van der Waals surface area contributed by atoms with Crippen molar-refractivity contribution in [3.05, 3.63) is 23.8 Å². The third-order valence-electron chi connectivity index (χ3n) is 1.54. The Kier molecular flexibility index (Phi) is 2.47. The number of hydrogen-bond acceptors (Lipinski definition) is 3. The van der Waals surface area contributed by atoms with Crippen LogP contribution in [0.25, 0.3) is 0 Å². The Morgan fingerprint density at radius 3 is 2.46 bits per heavy atom. The molecule has 1 aromatic carbocycles. The first kappa shape index (κ1) is 9.85. The molecule has 0 aliphatic rings. The van der Waals surface area contributed by atoms with Crippen molar-refractivity contribution in [2.75, 3.05) is 11.0 Å². The molecule has 1 rings (SSSR count). The lowest BCUT2D eigenvalue weighted by Crippen LogP contribution is -2.10. The molecule has 0 amide bonds. The molecule has 5 heteroatoms. The van der Waals surface area contributed by atoms with Crippen LogP contribution in [0.15, 0.2) is 18.2 Å². The molecular weight excluding hydrogens is 190 g/mol. The van der Waals surface area contributed by atoms with E-state index in [0.717, 1.165) is 6.26 Å². The number of anilines is 1. The summed E-state index contributed by atoms with van der Waals surface area (Å²) in [5.41, 5.74) is 0.926. The maximum Gasteiger partial charge on any atom is 0.229 e. The van der Waals surface area contributed by atoms with Crippen LogP contribution in [0.1, 0.15) is 5.56 Å². The Bertz CT molecular complexity index is 391. The van der Waals surface area contributed by atoms with Crippen LogP contribution in [0.3, 0.4) is 0 Å². The molecule has 0 fully saturated rings. The number of benzene rings is 1. The molecule has 0 unspecified atom stereocenters. The smallest absolute Gasteiger partial charge is 0.229 e. The molecule has 0 saturated carbocycles. The van der Waals surface area contributed by atoms with Crippen LogP contribution in [-0.4, -0.2) is 19.8 Å². The zero-order valence-electron chi connectivity index (χ0n) is 7.40. The van der Waals surface area contributed by atoms with E-state index < -0.39 is 10.0 Å². The topological polar surface area (TPSA) is 66.4 Å². The quantitative estimate of drug-likeness (QED) is 0.703. The first-order valence-corrected chi connectivity index (χ1v) is 5.55. The fraction of sp³-hybridized carbons (Fsp3) is 0.250. The number of rotatable bonds is 2. The first-order chi connectivity index (χ1) is 5.90. The van der Waals surface area contributed by atoms with E-state index >= 15 is 0 Å². The molecule has 1 aromatic rings. The Balaban J connectivity index is 3.15. The highest BCUT2D eigenvalue weighted by Gasteiger charge is 2.08. The molecule has 0 radical (unpaired) electrons. The van der Waals surface area contributed by atoms with Crippen molar-refractivity contribution in [1.82, 2.24) is 0 Å². The SMILES string of the molecule is Cc1cccc(O)c1NS(C)(=O)=O. The second-order valence-corrected chi connectivity index (χ2v) is 4.59. The molecule has 0 saturated heterocycles. The summed E-state index contributed by atoms with van der Waals surface area (Å²) in [4.78, 5) is 0. The summed E-state index contributed by atoms with van der Waals surface area (Å²) >= 11 is 0. The van der Waals surface area contributed by atoms with Crippen molar-refractivity contribution in [3.8, 4) is 5.75 Å². The van der Waals surface area contributed by atoms with Gasteiger partial charge in [-0.2, -0.15) is 0 Å². The first-order valence-electron chi connectivity index (χ1n) is 3.66. The van der Waals surface area contributed by atoms with E-state index in [4.69, 9.17) is 0 Å². The summed E-state index contributed by atoms with van der Waals surface area (Å²) in [6.07, 6.45) is 1.04. The molecule has 4 nitrogen and oxygen atoms in total. The molecule has 0 atom stereocenters. The molecule has 0 aliphatic carbocycles. The minimum Gasteiger partial charge on any atom is -0.506 e. The van der Waals surface area contributed by atoms with Gasteiger partial charge in [0.15, 0.2) is 0 Å². The van der Waals surface area contributed by atoms with Crippen molar-refractivity contribution in [3.63, 3.8) is 0 Å². The van der Waals surface area contributed by atoms with Gasteiger partial charge in [0.05, 0.1) is 11.9 Å². The number of nitrogens with one attached hydrogen (secondary N) is 1. The van der Waals surface area contributed by atoms with E-state index in [-0.39, 0.29) is 11.4 Å². The van der Waals surface area contributed by atoms with Gasteiger partial charge in [0.25, 0.3) is 0 Å². The predicted octanol–water partition coefficient (Wildman–Crippen LogP) is 1.07. The number of para-hydroxylation sites is 1. The van der Waals surface area contributed by atoms with Crippen molar-refractivity contribution in [1.29, 1.82) is 0 Å². The van der Waals surface area contributed by atoms with Gasteiger partial charge >= 0.3 is 0 Å². The lowest BCUT2D eigenvalue weighted by atomic mass is 10.2. The van der Waals surface area contributed by atoms with Crippen molar-refractivity contribution in [2.45, 2.75) is 6.92 Å². The fourth-order valence-electron chi connectivity index (χ4n) is 0.970. The number of aromatic hydroxyl groups is 1. The van der Waals surface area contributed by atoms with Gasteiger partial charge in [-0.05, 0) is 18.6 Å². The minimum atomic E-state index is -3.33. The summed E-state index contributed by atoms with van der Waals surface area (Å²) in [5, 5.41) is 9.33. The second kappa shape index (κ2) is 3.26. The second-order valence-electron chi connectivity index (χ2n) is 2.84. The predicted molar refractivity (Wildman–Crippen MR) is 51.3 cm³/mol. The third kappa shape index (κ3) is 2.62. The van der Waals surface area contributed by atoms with Gasteiger partial charge in [0.2, 0.25) is 10.0 Å². The van der Waals surface area contributed by atoms with Crippen molar-refractivity contribution in [2.24, 2.45) is 0 Å². The average molecular weight is 201 g/mol. The van der Waals surface area contributed by atoms with Gasteiger partial charge in [-0.25, -0.2) is 8.42 Å². The Morgan fingerprint density at radius 1 is 1.38 bits per heavy atom. The van der Waals surface area contributed by atoms with E-state index in [1.54, 1.807) is 19.1 Å². The monoisotopic (exact) mass is 201 g/mol. The highest BCUT2D eigenvalue weighted by molar-refractivity contribution is 7.92.